The maximum absolute atomic E-state index is 12.4. The van der Waals surface area contributed by atoms with Crippen molar-refractivity contribution in [1.82, 2.24) is 4.98 Å². The van der Waals surface area contributed by atoms with Crippen molar-refractivity contribution in [3.63, 3.8) is 0 Å². The van der Waals surface area contributed by atoms with Crippen LogP contribution in [0, 0.1) is 0 Å². The molecule has 0 spiro atoms. The van der Waals surface area contributed by atoms with Gasteiger partial charge in [0.1, 0.15) is 5.92 Å². The average molecular weight is 319 g/mol. The lowest BCUT2D eigenvalue weighted by Crippen LogP contribution is -2.31. The number of benzene rings is 1. The van der Waals surface area contributed by atoms with Crippen molar-refractivity contribution in [2.24, 2.45) is 5.73 Å². The molecule has 1 aromatic carbocycles. The van der Waals surface area contributed by atoms with Gasteiger partial charge in [-0.15, -0.1) is 11.3 Å². The topological polar surface area (TPSA) is 68.0 Å². The van der Waals surface area contributed by atoms with Crippen LogP contribution in [0.2, 0.25) is 0 Å². The quantitative estimate of drug-likeness (QED) is 0.830. The average Bonchev–Trinajstić information content (AvgIpc) is 2.88. The standard InChI is InChI=1S/C15H17N3OS2/c1-9(2)11-8-21-15(17-11)18-14(19)12(13(16)20)10-6-4-3-5-7-10/h3-9,12H,1-2H3,(H2,16,20)(H,17,18,19). The summed E-state index contributed by atoms with van der Waals surface area (Å²) in [5.41, 5.74) is 7.47. The van der Waals surface area contributed by atoms with Gasteiger partial charge in [0.25, 0.3) is 0 Å². The molecule has 0 saturated carbocycles. The molecule has 1 aromatic heterocycles. The van der Waals surface area contributed by atoms with E-state index in [9.17, 15) is 4.79 Å². The zero-order valence-corrected chi connectivity index (χ0v) is 13.5. The maximum atomic E-state index is 12.4. The van der Waals surface area contributed by atoms with Crippen LogP contribution in [0.25, 0.3) is 0 Å². The van der Waals surface area contributed by atoms with Gasteiger partial charge in [0.15, 0.2) is 5.13 Å². The van der Waals surface area contributed by atoms with Crippen LogP contribution >= 0.6 is 23.6 Å². The third kappa shape index (κ3) is 3.86. The summed E-state index contributed by atoms with van der Waals surface area (Å²) in [4.78, 5) is 17.0. The van der Waals surface area contributed by atoms with Gasteiger partial charge < -0.3 is 11.1 Å². The predicted octanol–water partition coefficient (Wildman–Crippen LogP) is 3.27. The number of rotatable bonds is 5. The molecule has 0 aliphatic carbocycles. The molecule has 6 heteroatoms. The summed E-state index contributed by atoms with van der Waals surface area (Å²) in [5.74, 6) is -0.571. The highest BCUT2D eigenvalue weighted by Crippen LogP contribution is 2.24. The van der Waals surface area contributed by atoms with E-state index in [2.05, 4.69) is 24.1 Å². The molecule has 21 heavy (non-hydrogen) atoms. The van der Waals surface area contributed by atoms with Gasteiger partial charge in [-0.05, 0) is 11.5 Å². The number of hydrogen-bond donors (Lipinski definition) is 2. The number of hydrogen-bond acceptors (Lipinski definition) is 4. The molecule has 0 fully saturated rings. The summed E-state index contributed by atoms with van der Waals surface area (Å²) in [6, 6.07) is 9.27. The molecule has 0 saturated heterocycles. The SMILES string of the molecule is CC(C)c1csc(NC(=O)C(C(N)=S)c2ccccc2)n1. The van der Waals surface area contributed by atoms with Crippen molar-refractivity contribution >= 4 is 39.6 Å². The van der Waals surface area contributed by atoms with E-state index in [1.54, 1.807) is 0 Å². The number of anilines is 1. The van der Waals surface area contributed by atoms with Gasteiger partial charge in [-0.25, -0.2) is 4.98 Å². The molecule has 0 aliphatic heterocycles. The zero-order valence-electron chi connectivity index (χ0n) is 11.9. The molecule has 1 unspecified atom stereocenters. The summed E-state index contributed by atoms with van der Waals surface area (Å²) in [5, 5.41) is 5.31. The molecule has 0 radical (unpaired) electrons. The number of thiocarbonyl (C=S) groups is 1. The van der Waals surface area contributed by atoms with Crippen LogP contribution < -0.4 is 11.1 Å². The summed E-state index contributed by atoms with van der Waals surface area (Å²) in [6.45, 7) is 4.12. The summed E-state index contributed by atoms with van der Waals surface area (Å²) < 4.78 is 0. The Hall–Kier alpha value is -1.79. The largest absolute Gasteiger partial charge is 0.392 e. The summed E-state index contributed by atoms with van der Waals surface area (Å²) >= 11 is 6.44. The van der Waals surface area contributed by atoms with Gasteiger partial charge in [-0.2, -0.15) is 0 Å². The first kappa shape index (κ1) is 15.6. The van der Waals surface area contributed by atoms with Gasteiger partial charge in [-0.1, -0.05) is 56.4 Å². The van der Waals surface area contributed by atoms with Crippen LogP contribution in [0.5, 0.6) is 0 Å². The summed E-state index contributed by atoms with van der Waals surface area (Å²) in [6.07, 6.45) is 0. The number of nitrogens with one attached hydrogen (secondary N) is 1. The Balaban J connectivity index is 2.17. The number of nitrogens with zero attached hydrogens (tertiary/aromatic N) is 1. The highest BCUT2D eigenvalue weighted by Gasteiger charge is 2.24. The van der Waals surface area contributed by atoms with E-state index in [1.807, 2.05) is 35.7 Å². The van der Waals surface area contributed by atoms with Crippen molar-refractivity contribution in [3.8, 4) is 0 Å². The lowest BCUT2D eigenvalue weighted by atomic mass is 9.98. The van der Waals surface area contributed by atoms with E-state index in [4.69, 9.17) is 18.0 Å². The number of nitrogens with two attached hydrogens (primary N) is 1. The van der Waals surface area contributed by atoms with E-state index < -0.39 is 5.92 Å². The fraction of sp³-hybridized carbons (Fsp3) is 0.267. The van der Waals surface area contributed by atoms with Gasteiger partial charge in [0, 0.05) is 5.38 Å². The molecule has 1 atom stereocenters. The molecule has 0 aliphatic rings. The minimum Gasteiger partial charge on any atom is -0.392 e. The van der Waals surface area contributed by atoms with Gasteiger partial charge in [0.2, 0.25) is 5.91 Å². The smallest absolute Gasteiger partial charge is 0.240 e. The van der Waals surface area contributed by atoms with Crippen molar-refractivity contribution < 1.29 is 4.79 Å². The Morgan fingerprint density at radius 2 is 2.00 bits per heavy atom. The van der Waals surface area contributed by atoms with Crippen LogP contribution in [0.1, 0.15) is 36.9 Å². The molecule has 0 bridgehead atoms. The van der Waals surface area contributed by atoms with Crippen LogP contribution in [0.15, 0.2) is 35.7 Å². The fourth-order valence-corrected chi connectivity index (χ4v) is 2.99. The number of carbonyl (C=O) groups is 1. The van der Waals surface area contributed by atoms with Crippen LogP contribution in [-0.4, -0.2) is 15.9 Å². The van der Waals surface area contributed by atoms with E-state index in [1.165, 1.54) is 11.3 Å². The van der Waals surface area contributed by atoms with Crippen molar-refractivity contribution in [2.45, 2.75) is 25.7 Å². The van der Waals surface area contributed by atoms with Crippen LogP contribution in [0.4, 0.5) is 5.13 Å². The second kappa shape index (κ2) is 6.78. The third-order valence-electron chi connectivity index (χ3n) is 3.02. The lowest BCUT2D eigenvalue weighted by Gasteiger charge is -2.14. The molecule has 4 nitrogen and oxygen atoms in total. The third-order valence-corrected chi connectivity index (χ3v) is 4.03. The minimum atomic E-state index is -0.646. The Morgan fingerprint density at radius 1 is 1.33 bits per heavy atom. The Kier molecular flexibility index (Phi) is 5.03. The van der Waals surface area contributed by atoms with Crippen LogP contribution in [0.3, 0.4) is 0 Å². The molecule has 1 amide bonds. The highest BCUT2D eigenvalue weighted by atomic mass is 32.1. The maximum Gasteiger partial charge on any atom is 0.240 e. The number of thiazole rings is 1. The van der Waals surface area contributed by atoms with E-state index >= 15 is 0 Å². The number of carbonyl (C=O) groups excluding carboxylic acids is 1. The van der Waals surface area contributed by atoms with E-state index in [0.29, 0.717) is 11.0 Å². The molecular weight excluding hydrogens is 302 g/mol. The molecule has 3 N–H and O–H groups in total. The Labute approximate surface area is 133 Å². The molecule has 110 valence electrons. The van der Waals surface area contributed by atoms with Gasteiger partial charge in [-0.3, -0.25) is 4.79 Å². The zero-order chi connectivity index (χ0) is 15.4. The number of aromatic nitrogens is 1. The Bertz CT molecular complexity index is 637. The molecular formula is C15H17N3OS2. The summed E-state index contributed by atoms with van der Waals surface area (Å²) in [7, 11) is 0. The first-order chi connectivity index (χ1) is 9.99. The lowest BCUT2D eigenvalue weighted by molar-refractivity contribution is -0.116. The second-order valence-electron chi connectivity index (χ2n) is 4.97. The van der Waals surface area contributed by atoms with Gasteiger partial charge >= 0.3 is 0 Å². The van der Waals surface area contributed by atoms with E-state index in [-0.39, 0.29) is 10.9 Å². The predicted molar refractivity (Wildman–Crippen MR) is 90.8 cm³/mol. The van der Waals surface area contributed by atoms with Gasteiger partial charge in [0.05, 0.1) is 10.7 Å². The van der Waals surface area contributed by atoms with E-state index in [0.717, 1.165) is 11.3 Å². The fourth-order valence-electron chi connectivity index (χ4n) is 1.88. The number of amides is 1. The first-order valence-corrected chi connectivity index (χ1v) is 7.88. The highest BCUT2D eigenvalue weighted by molar-refractivity contribution is 7.80. The van der Waals surface area contributed by atoms with Crippen molar-refractivity contribution in [3.05, 3.63) is 47.0 Å². The molecule has 2 rings (SSSR count). The van der Waals surface area contributed by atoms with Crippen molar-refractivity contribution in [1.29, 1.82) is 0 Å². The normalized spacial score (nSPS) is 12.1. The second-order valence-corrected chi connectivity index (χ2v) is 6.30. The van der Waals surface area contributed by atoms with Crippen molar-refractivity contribution in [2.75, 3.05) is 5.32 Å². The Morgan fingerprint density at radius 3 is 2.52 bits per heavy atom. The molecule has 1 heterocycles. The first-order valence-electron chi connectivity index (χ1n) is 6.59. The van der Waals surface area contributed by atoms with Crippen LogP contribution in [-0.2, 0) is 4.79 Å². The monoisotopic (exact) mass is 319 g/mol. The molecule has 2 aromatic rings. The minimum absolute atomic E-state index is 0.152.